The maximum atomic E-state index is 12.8. The lowest BCUT2D eigenvalue weighted by molar-refractivity contribution is -0.167. The molecule has 0 aliphatic heterocycles. The van der Waals surface area contributed by atoms with E-state index in [9.17, 15) is 14.4 Å². The Morgan fingerprint density at radius 2 is 0.597 bits per heavy atom. The Bertz CT molecular complexity index is 1440. The standard InChI is InChI=1S/C61H98O6/c1-4-7-10-13-16-19-22-25-28-30-33-35-38-41-44-47-50-53-59(62)65-56-58(67-61(64)55-52-49-46-43-40-37-32-27-24-21-18-15-12-9-6-3)57-66-60(63)54-51-48-45-42-39-36-34-31-29-26-23-20-17-14-11-8-5-2/h7,10,16-17,19-20,25-29,32-36,41-42,44-45,58H,4-6,8-9,11-15,18,21-24,30-31,37-40,43,46-57H2,1-3H3. The molecule has 0 radical (unpaired) electrons. The van der Waals surface area contributed by atoms with Crippen LogP contribution in [-0.4, -0.2) is 37.2 Å². The number of esters is 3. The highest BCUT2D eigenvalue weighted by Crippen LogP contribution is 2.12. The van der Waals surface area contributed by atoms with Gasteiger partial charge in [-0.3, -0.25) is 14.4 Å². The minimum Gasteiger partial charge on any atom is -0.462 e. The number of carbonyl (C=O) groups is 3. The van der Waals surface area contributed by atoms with Crippen molar-refractivity contribution in [3.05, 3.63) is 122 Å². The lowest BCUT2D eigenvalue weighted by Crippen LogP contribution is -2.30. The van der Waals surface area contributed by atoms with Gasteiger partial charge in [-0.1, -0.05) is 206 Å². The monoisotopic (exact) mass is 927 g/mol. The highest BCUT2D eigenvalue weighted by molar-refractivity contribution is 5.71. The molecule has 0 saturated heterocycles. The summed E-state index contributed by atoms with van der Waals surface area (Å²) in [6, 6.07) is 0. The predicted molar refractivity (Wildman–Crippen MR) is 288 cm³/mol. The van der Waals surface area contributed by atoms with Crippen molar-refractivity contribution in [1.29, 1.82) is 0 Å². The van der Waals surface area contributed by atoms with E-state index in [0.717, 1.165) is 96.3 Å². The number of hydrogen-bond acceptors (Lipinski definition) is 6. The second kappa shape index (κ2) is 54.4. The molecule has 378 valence electrons. The smallest absolute Gasteiger partial charge is 0.306 e. The fraction of sp³-hybridized carbons (Fsp3) is 0.623. The molecule has 0 amide bonds. The van der Waals surface area contributed by atoms with Gasteiger partial charge in [-0.2, -0.15) is 0 Å². The van der Waals surface area contributed by atoms with E-state index < -0.39 is 6.10 Å². The van der Waals surface area contributed by atoms with Crippen LogP contribution in [0, 0.1) is 0 Å². The third-order valence-electron chi connectivity index (χ3n) is 10.9. The molecule has 0 aromatic heterocycles. The number of hydrogen-bond donors (Lipinski definition) is 0. The Morgan fingerprint density at radius 1 is 0.313 bits per heavy atom. The molecule has 0 bridgehead atoms. The zero-order valence-corrected chi connectivity index (χ0v) is 43.1. The molecule has 0 aromatic carbocycles. The van der Waals surface area contributed by atoms with Crippen LogP contribution < -0.4 is 0 Å². The SMILES string of the molecule is CCC=CCC=CCC=CCC=CCC=CCCCC(=O)OCC(COC(=O)CCCC=CCC=CCC=CCC=CCCCCC)OC(=O)CCCCCCCC=CCCCCCCCC. The van der Waals surface area contributed by atoms with Crippen LogP contribution in [0.5, 0.6) is 0 Å². The van der Waals surface area contributed by atoms with Crippen LogP contribution in [0.1, 0.15) is 226 Å². The van der Waals surface area contributed by atoms with E-state index in [2.05, 4.69) is 142 Å². The van der Waals surface area contributed by atoms with Gasteiger partial charge in [0.1, 0.15) is 13.2 Å². The van der Waals surface area contributed by atoms with Gasteiger partial charge < -0.3 is 14.2 Å². The zero-order chi connectivity index (χ0) is 48.6. The van der Waals surface area contributed by atoms with E-state index in [1.807, 2.05) is 0 Å². The molecule has 0 aromatic rings. The molecular formula is C61H98O6. The lowest BCUT2D eigenvalue weighted by Gasteiger charge is -2.18. The Morgan fingerprint density at radius 3 is 1.00 bits per heavy atom. The van der Waals surface area contributed by atoms with Crippen molar-refractivity contribution in [2.45, 2.75) is 232 Å². The normalized spacial score (nSPS) is 13.1. The highest BCUT2D eigenvalue weighted by Gasteiger charge is 2.19. The number of carbonyl (C=O) groups excluding carboxylic acids is 3. The summed E-state index contributed by atoms with van der Waals surface area (Å²) in [7, 11) is 0. The van der Waals surface area contributed by atoms with Gasteiger partial charge in [0.05, 0.1) is 0 Å². The molecule has 1 atom stereocenters. The molecule has 1 unspecified atom stereocenters. The van der Waals surface area contributed by atoms with Crippen LogP contribution in [0.4, 0.5) is 0 Å². The Kier molecular flexibility index (Phi) is 51.0. The molecule has 0 N–H and O–H groups in total. The molecular weight excluding hydrogens is 829 g/mol. The summed E-state index contributed by atoms with van der Waals surface area (Å²) >= 11 is 0. The van der Waals surface area contributed by atoms with Crippen LogP contribution in [0.3, 0.4) is 0 Å². The van der Waals surface area contributed by atoms with Gasteiger partial charge in [0.15, 0.2) is 6.10 Å². The van der Waals surface area contributed by atoms with E-state index in [1.54, 1.807) is 0 Å². The first-order valence-electron chi connectivity index (χ1n) is 27.0. The van der Waals surface area contributed by atoms with Crippen LogP contribution >= 0.6 is 0 Å². The second-order valence-electron chi connectivity index (χ2n) is 17.4. The zero-order valence-electron chi connectivity index (χ0n) is 43.1. The van der Waals surface area contributed by atoms with E-state index in [-0.39, 0.29) is 44.0 Å². The molecule has 0 aliphatic rings. The first kappa shape index (κ1) is 62.8. The molecule has 0 saturated carbocycles. The number of ether oxygens (including phenoxy) is 3. The molecule has 6 nitrogen and oxygen atoms in total. The van der Waals surface area contributed by atoms with Crippen molar-refractivity contribution < 1.29 is 28.6 Å². The first-order valence-corrected chi connectivity index (χ1v) is 27.0. The average molecular weight is 927 g/mol. The predicted octanol–water partition coefficient (Wildman–Crippen LogP) is 18.1. The summed E-state index contributed by atoms with van der Waals surface area (Å²) in [4.78, 5) is 38.0. The summed E-state index contributed by atoms with van der Waals surface area (Å²) in [5.74, 6) is -1.05. The highest BCUT2D eigenvalue weighted by atomic mass is 16.6. The molecule has 0 aliphatic carbocycles. The Hall–Kier alpha value is -4.19. The molecule has 6 heteroatoms. The minimum absolute atomic E-state index is 0.130. The van der Waals surface area contributed by atoms with Crippen molar-refractivity contribution in [2.24, 2.45) is 0 Å². The summed E-state index contributed by atoms with van der Waals surface area (Å²) in [5.41, 5.74) is 0. The van der Waals surface area contributed by atoms with Gasteiger partial charge in [0.2, 0.25) is 0 Å². The minimum atomic E-state index is -0.831. The van der Waals surface area contributed by atoms with Gasteiger partial charge in [-0.05, 0) is 122 Å². The maximum absolute atomic E-state index is 12.8. The van der Waals surface area contributed by atoms with Gasteiger partial charge in [-0.25, -0.2) is 0 Å². The van der Waals surface area contributed by atoms with Crippen LogP contribution in [-0.2, 0) is 28.6 Å². The molecule has 0 spiro atoms. The van der Waals surface area contributed by atoms with E-state index in [1.165, 1.54) is 77.0 Å². The fourth-order valence-corrected chi connectivity index (χ4v) is 6.88. The average Bonchev–Trinajstić information content (AvgIpc) is 3.33. The van der Waals surface area contributed by atoms with Gasteiger partial charge in [0.25, 0.3) is 0 Å². The van der Waals surface area contributed by atoms with Crippen LogP contribution in [0.15, 0.2) is 122 Å². The molecule has 67 heavy (non-hydrogen) atoms. The van der Waals surface area contributed by atoms with E-state index >= 15 is 0 Å². The Balaban J connectivity index is 4.59. The molecule has 0 fully saturated rings. The first-order chi connectivity index (χ1) is 33.0. The van der Waals surface area contributed by atoms with Crippen molar-refractivity contribution in [3.63, 3.8) is 0 Å². The molecule has 0 rings (SSSR count). The third kappa shape index (κ3) is 52.6. The summed E-state index contributed by atoms with van der Waals surface area (Å²) < 4.78 is 16.7. The van der Waals surface area contributed by atoms with Gasteiger partial charge in [0, 0.05) is 19.3 Å². The van der Waals surface area contributed by atoms with Gasteiger partial charge >= 0.3 is 17.9 Å². The number of unbranched alkanes of at least 4 members (excludes halogenated alkanes) is 16. The lowest BCUT2D eigenvalue weighted by atomic mass is 10.1. The summed E-state index contributed by atoms with van der Waals surface area (Å²) in [6.07, 6.45) is 74.8. The third-order valence-corrected chi connectivity index (χ3v) is 10.9. The summed E-state index contributed by atoms with van der Waals surface area (Å²) in [5, 5.41) is 0. The van der Waals surface area contributed by atoms with Crippen molar-refractivity contribution in [3.8, 4) is 0 Å². The fourth-order valence-electron chi connectivity index (χ4n) is 6.88. The maximum Gasteiger partial charge on any atom is 0.306 e. The topological polar surface area (TPSA) is 78.9 Å². The van der Waals surface area contributed by atoms with E-state index in [4.69, 9.17) is 14.2 Å². The van der Waals surface area contributed by atoms with Crippen molar-refractivity contribution in [1.82, 2.24) is 0 Å². The van der Waals surface area contributed by atoms with Crippen molar-refractivity contribution >= 4 is 17.9 Å². The van der Waals surface area contributed by atoms with Crippen LogP contribution in [0.25, 0.3) is 0 Å². The largest absolute Gasteiger partial charge is 0.462 e. The second-order valence-corrected chi connectivity index (χ2v) is 17.4. The molecule has 0 heterocycles. The van der Waals surface area contributed by atoms with E-state index in [0.29, 0.717) is 19.3 Å². The quantitative estimate of drug-likeness (QED) is 0.0262. The number of allylic oxidation sites excluding steroid dienone is 20. The van der Waals surface area contributed by atoms with Crippen LogP contribution in [0.2, 0.25) is 0 Å². The Labute approximate surface area is 412 Å². The summed E-state index contributed by atoms with van der Waals surface area (Å²) in [6.45, 7) is 6.37. The van der Waals surface area contributed by atoms with Crippen molar-refractivity contribution in [2.75, 3.05) is 13.2 Å². The van der Waals surface area contributed by atoms with Gasteiger partial charge in [-0.15, -0.1) is 0 Å². The number of rotatable bonds is 47.